The van der Waals surface area contributed by atoms with Crippen LogP contribution >= 0.6 is 0 Å². The largest absolute Gasteiger partial charge is 0.455 e. The van der Waals surface area contributed by atoms with E-state index >= 15 is 0 Å². The van der Waals surface area contributed by atoms with Gasteiger partial charge in [0.05, 0.1) is 0 Å². The van der Waals surface area contributed by atoms with E-state index in [0.717, 1.165) is 30.4 Å². The van der Waals surface area contributed by atoms with Crippen molar-refractivity contribution in [1.29, 1.82) is 0 Å². The number of allylic oxidation sites excluding steroid dienone is 1. The molecule has 2 saturated carbocycles. The van der Waals surface area contributed by atoms with Gasteiger partial charge >= 0.3 is 17.9 Å². The molecule has 2 bridgehead atoms. The van der Waals surface area contributed by atoms with Gasteiger partial charge in [-0.1, -0.05) is 19.4 Å². The molecule has 7 nitrogen and oxygen atoms in total. The fraction of sp³-hybridized carbons (Fsp3) is 0.708. The lowest BCUT2D eigenvalue weighted by molar-refractivity contribution is -0.273. The van der Waals surface area contributed by atoms with Crippen molar-refractivity contribution in [3.8, 4) is 0 Å². The first-order chi connectivity index (χ1) is 14.5. The maximum Gasteiger partial charge on any atom is 0.331 e. The second-order valence-corrected chi connectivity index (χ2v) is 10.2. The van der Waals surface area contributed by atoms with E-state index in [4.69, 9.17) is 18.9 Å². The molecule has 1 spiro atoms. The van der Waals surface area contributed by atoms with Crippen molar-refractivity contribution >= 4 is 17.9 Å². The maximum absolute atomic E-state index is 12.5. The van der Waals surface area contributed by atoms with Crippen LogP contribution in [0.25, 0.3) is 0 Å². The van der Waals surface area contributed by atoms with Crippen molar-refractivity contribution in [2.75, 3.05) is 0 Å². The molecule has 0 radical (unpaired) electrons. The van der Waals surface area contributed by atoms with E-state index < -0.39 is 30.6 Å². The van der Waals surface area contributed by atoms with Gasteiger partial charge in [0, 0.05) is 42.7 Å². The molecule has 0 aromatic heterocycles. The third kappa shape index (κ3) is 3.41. The van der Waals surface area contributed by atoms with Crippen molar-refractivity contribution in [3.05, 3.63) is 23.3 Å². The summed E-state index contributed by atoms with van der Waals surface area (Å²) >= 11 is 0. The van der Waals surface area contributed by atoms with Gasteiger partial charge in [0.25, 0.3) is 0 Å². The fourth-order valence-corrected chi connectivity index (χ4v) is 6.86. The summed E-state index contributed by atoms with van der Waals surface area (Å²) in [5.74, 6) is -0.883. The van der Waals surface area contributed by atoms with E-state index in [2.05, 4.69) is 13.8 Å². The summed E-state index contributed by atoms with van der Waals surface area (Å²) in [5.41, 5.74) is 1.32. The van der Waals surface area contributed by atoms with Crippen LogP contribution in [0, 0.1) is 28.6 Å². The molecule has 7 unspecified atom stereocenters. The van der Waals surface area contributed by atoms with Crippen molar-refractivity contribution in [1.82, 2.24) is 0 Å². The first kappa shape index (κ1) is 22.1. The average Bonchev–Trinajstić information content (AvgIpc) is 3.08. The van der Waals surface area contributed by atoms with Crippen LogP contribution in [0.4, 0.5) is 0 Å². The van der Waals surface area contributed by atoms with E-state index in [-0.39, 0.29) is 34.6 Å². The van der Waals surface area contributed by atoms with E-state index in [1.165, 1.54) is 19.9 Å². The van der Waals surface area contributed by atoms with Crippen LogP contribution in [0.2, 0.25) is 0 Å². The second kappa shape index (κ2) is 7.47. The Bertz CT molecular complexity index is 865. The monoisotopic (exact) mass is 432 g/mol. The van der Waals surface area contributed by atoms with E-state index in [1.807, 2.05) is 19.9 Å². The van der Waals surface area contributed by atoms with Crippen LogP contribution in [0.15, 0.2) is 23.3 Å². The lowest BCUT2D eigenvalue weighted by atomic mass is 9.63. The Balaban J connectivity index is 1.79. The summed E-state index contributed by atoms with van der Waals surface area (Å²) in [7, 11) is 0. The molecule has 1 aliphatic heterocycles. The lowest BCUT2D eigenvalue weighted by Gasteiger charge is -2.50. The minimum Gasteiger partial charge on any atom is -0.455 e. The van der Waals surface area contributed by atoms with Gasteiger partial charge in [0.1, 0.15) is 6.10 Å². The Morgan fingerprint density at radius 1 is 1.00 bits per heavy atom. The highest BCUT2D eigenvalue weighted by Crippen LogP contribution is 2.74. The summed E-state index contributed by atoms with van der Waals surface area (Å²) in [4.78, 5) is 36.1. The predicted molar refractivity (Wildman–Crippen MR) is 110 cm³/mol. The molecule has 7 atom stereocenters. The molecular formula is C24H32O7. The third-order valence-electron chi connectivity index (χ3n) is 7.79. The Morgan fingerprint density at radius 3 is 2.29 bits per heavy atom. The maximum atomic E-state index is 12.5. The molecule has 0 amide bonds. The number of rotatable bonds is 4. The van der Waals surface area contributed by atoms with Gasteiger partial charge < -0.3 is 14.2 Å². The minimum absolute atomic E-state index is 0.0156. The van der Waals surface area contributed by atoms with Crippen LogP contribution in [0.1, 0.15) is 60.8 Å². The number of carbonyl (C=O) groups is 3. The van der Waals surface area contributed by atoms with Gasteiger partial charge in [0.2, 0.25) is 12.6 Å². The zero-order valence-corrected chi connectivity index (χ0v) is 19.1. The highest BCUT2D eigenvalue weighted by Gasteiger charge is 2.72. The summed E-state index contributed by atoms with van der Waals surface area (Å²) in [6, 6.07) is 0. The molecule has 3 aliphatic carbocycles. The number of ether oxygens (including phenoxy) is 4. The summed E-state index contributed by atoms with van der Waals surface area (Å²) in [6.07, 6.45) is 3.89. The van der Waals surface area contributed by atoms with Gasteiger partial charge in [0.15, 0.2) is 0 Å². The number of hydrogen-bond donors (Lipinski definition) is 0. The smallest absolute Gasteiger partial charge is 0.331 e. The Labute approximate surface area is 183 Å². The summed E-state index contributed by atoms with van der Waals surface area (Å²) < 4.78 is 23.0. The fourth-order valence-electron chi connectivity index (χ4n) is 6.86. The SMILES string of the molecule is CC(=O)OC1OC(OC(C)=O)C2CCC3C(C)(C)C4CC23C1=CC4OC(=O)C=C(C)C. The Hall–Kier alpha value is -2.15. The second-order valence-electron chi connectivity index (χ2n) is 10.2. The van der Waals surface area contributed by atoms with Crippen LogP contribution in [0.5, 0.6) is 0 Å². The number of fused-ring (bicyclic) bond motifs is 1. The Kier molecular flexibility index (Phi) is 5.31. The van der Waals surface area contributed by atoms with Gasteiger partial charge in [-0.2, -0.15) is 0 Å². The van der Waals surface area contributed by atoms with Crippen LogP contribution < -0.4 is 0 Å². The molecule has 4 aliphatic rings. The molecule has 1 saturated heterocycles. The average molecular weight is 433 g/mol. The molecule has 7 heteroatoms. The van der Waals surface area contributed by atoms with Crippen molar-refractivity contribution in [2.45, 2.75) is 79.5 Å². The zero-order valence-electron chi connectivity index (χ0n) is 19.1. The zero-order chi connectivity index (χ0) is 22.7. The summed E-state index contributed by atoms with van der Waals surface area (Å²) in [5, 5.41) is 0. The molecule has 0 N–H and O–H groups in total. The molecule has 4 rings (SSSR count). The predicted octanol–water partition coefficient (Wildman–Crippen LogP) is 3.67. The molecule has 170 valence electrons. The summed E-state index contributed by atoms with van der Waals surface area (Å²) in [6.45, 7) is 10.9. The normalized spacial score (nSPS) is 39.1. The molecule has 1 heterocycles. The van der Waals surface area contributed by atoms with Crippen molar-refractivity contribution < 1.29 is 33.3 Å². The number of carbonyl (C=O) groups excluding carboxylic acids is 3. The highest BCUT2D eigenvalue weighted by molar-refractivity contribution is 5.83. The molecular weight excluding hydrogens is 400 g/mol. The van der Waals surface area contributed by atoms with Crippen molar-refractivity contribution in [3.63, 3.8) is 0 Å². The lowest BCUT2D eigenvalue weighted by Crippen LogP contribution is -2.53. The number of hydrogen-bond acceptors (Lipinski definition) is 7. The minimum atomic E-state index is -0.960. The van der Waals surface area contributed by atoms with E-state index in [1.54, 1.807) is 0 Å². The highest BCUT2D eigenvalue weighted by atomic mass is 16.8. The van der Waals surface area contributed by atoms with Crippen LogP contribution in [-0.4, -0.2) is 36.6 Å². The standard InChI is InChI=1S/C24H32O7/c1-12(2)9-20(27)30-18-10-16-22(29-14(4)26)31-21(28-13(3)25)15-7-8-19-23(5,6)17(18)11-24(15,16)19/h9-10,15,17-19,21-22H,7-8,11H2,1-6H3. The van der Waals surface area contributed by atoms with Gasteiger partial charge in [-0.3, -0.25) is 14.3 Å². The topological polar surface area (TPSA) is 88.1 Å². The first-order valence-electron chi connectivity index (χ1n) is 11.0. The van der Waals surface area contributed by atoms with Crippen LogP contribution in [-0.2, 0) is 33.3 Å². The third-order valence-corrected chi connectivity index (χ3v) is 7.79. The van der Waals surface area contributed by atoms with E-state index in [0.29, 0.717) is 0 Å². The van der Waals surface area contributed by atoms with Gasteiger partial charge in [-0.05, 0) is 50.5 Å². The van der Waals surface area contributed by atoms with Crippen LogP contribution in [0.3, 0.4) is 0 Å². The molecule has 0 aromatic rings. The van der Waals surface area contributed by atoms with E-state index in [9.17, 15) is 14.4 Å². The number of esters is 3. The van der Waals surface area contributed by atoms with Gasteiger partial charge in [-0.15, -0.1) is 0 Å². The molecule has 31 heavy (non-hydrogen) atoms. The Morgan fingerprint density at radius 2 is 1.68 bits per heavy atom. The van der Waals surface area contributed by atoms with Crippen molar-refractivity contribution in [2.24, 2.45) is 28.6 Å². The molecule has 3 fully saturated rings. The van der Waals surface area contributed by atoms with Gasteiger partial charge in [-0.25, -0.2) is 4.79 Å². The quantitative estimate of drug-likeness (QED) is 0.290. The molecule has 0 aromatic carbocycles. The first-order valence-corrected chi connectivity index (χ1v) is 11.0.